The zero-order valence-electron chi connectivity index (χ0n) is 19.7. The van der Waals surface area contributed by atoms with Gasteiger partial charge in [-0.2, -0.15) is 5.09 Å². The summed E-state index contributed by atoms with van der Waals surface area (Å²) in [5.74, 6) is -4.99. The Morgan fingerprint density at radius 2 is 2.00 bits per heavy atom. The second kappa shape index (κ2) is 11.4. The second-order valence-corrected chi connectivity index (χ2v) is 10.7. The lowest BCUT2D eigenvalue weighted by atomic mass is 9.94. The van der Waals surface area contributed by atoms with Crippen LogP contribution in [0, 0.1) is 11.3 Å². The number of cyclic esters (lactones) is 1. The van der Waals surface area contributed by atoms with E-state index in [1.165, 1.54) is 18.2 Å². The molecular formula is C23H28F2N3O8P. The number of amidine groups is 1. The summed E-state index contributed by atoms with van der Waals surface area (Å²) in [5.41, 5.74) is 0. The fraction of sp³-hybridized carbons (Fsp3) is 0.522. The Morgan fingerprint density at radius 1 is 1.24 bits per heavy atom. The van der Waals surface area contributed by atoms with E-state index in [9.17, 15) is 28.0 Å². The lowest BCUT2D eigenvalue weighted by molar-refractivity contribution is -0.139. The molecule has 3 aliphatic rings. The molecule has 4 N–H and O–H groups in total. The Balaban J connectivity index is 1.40. The van der Waals surface area contributed by atoms with Gasteiger partial charge in [-0.1, -0.05) is 24.3 Å². The van der Waals surface area contributed by atoms with E-state index in [1.54, 1.807) is 24.3 Å². The molecule has 1 aromatic carbocycles. The summed E-state index contributed by atoms with van der Waals surface area (Å²) in [6, 6.07) is 6.96. The molecule has 11 nitrogen and oxygen atoms in total. The van der Waals surface area contributed by atoms with Gasteiger partial charge in [-0.05, 0) is 37.0 Å². The highest BCUT2D eigenvalue weighted by molar-refractivity contribution is 7.52. The van der Waals surface area contributed by atoms with Gasteiger partial charge in [0.1, 0.15) is 35.9 Å². The fourth-order valence-electron chi connectivity index (χ4n) is 4.24. The first-order valence-corrected chi connectivity index (χ1v) is 13.3. The van der Waals surface area contributed by atoms with Crippen molar-refractivity contribution in [3.05, 3.63) is 42.5 Å². The third kappa shape index (κ3) is 6.79. The number of para-hydroxylation sites is 1. The van der Waals surface area contributed by atoms with Crippen molar-refractivity contribution < 1.29 is 46.6 Å². The Labute approximate surface area is 211 Å². The van der Waals surface area contributed by atoms with E-state index in [4.69, 9.17) is 23.9 Å². The normalized spacial score (nSPS) is 30.9. The first-order chi connectivity index (χ1) is 17.6. The second-order valence-electron chi connectivity index (χ2n) is 8.98. The number of amides is 1. The smallest absolute Gasteiger partial charge is 0.459 e. The van der Waals surface area contributed by atoms with Gasteiger partial charge >= 0.3 is 19.6 Å². The highest BCUT2D eigenvalue weighted by Crippen LogP contribution is 2.47. The number of halogens is 2. The van der Waals surface area contributed by atoms with Crippen LogP contribution >= 0.6 is 7.75 Å². The molecule has 14 heteroatoms. The number of nitrogens with one attached hydrogen (secondary N) is 3. The molecule has 37 heavy (non-hydrogen) atoms. The molecular weight excluding hydrogens is 515 g/mol. The predicted octanol–water partition coefficient (Wildman–Crippen LogP) is 2.31. The van der Waals surface area contributed by atoms with Crippen LogP contribution in [0.15, 0.2) is 42.5 Å². The van der Waals surface area contributed by atoms with Gasteiger partial charge in [-0.25, -0.2) is 13.3 Å². The zero-order valence-corrected chi connectivity index (χ0v) is 20.6. The van der Waals surface area contributed by atoms with Crippen LogP contribution in [0.5, 0.6) is 5.75 Å². The largest absolute Gasteiger partial charge is 0.464 e. The summed E-state index contributed by atoms with van der Waals surface area (Å²) in [4.78, 5) is 23.7. The van der Waals surface area contributed by atoms with Crippen molar-refractivity contribution >= 4 is 25.5 Å². The molecule has 0 aliphatic carbocycles. The van der Waals surface area contributed by atoms with Crippen LogP contribution in [-0.2, 0) is 28.2 Å². The van der Waals surface area contributed by atoms with E-state index in [1.807, 2.05) is 0 Å². The third-order valence-corrected chi connectivity index (χ3v) is 7.77. The zero-order chi connectivity index (χ0) is 26.6. The van der Waals surface area contributed by atoms with Crippen molar-refractivity contribution in [1.29, 1.82) is 5.41 Å². The van der Waals surface area contributed by atoms with Crippen molar-refractivity contribution in [2.45, 2.75) is 56.0 Å². The van der Waals surface area contributed by atoms with E-state index in [2.05, 4.69) is 10.4 Å². The topological polar surface area (TPSA) is 156 Å². The van der Waals surface area contributed by atoms with Gasteiger partial charge < -0.3 is 24.4 Å². The van der Waals surface area contributed by atoms with Crippen LogP contribution in [0.4, 0.5) is 8.78 Å². The minimum atomic E-state index is -4.28. The van der Waals surface area contributed by atoms with Crippen molar-refractivity contribution in [3.63, 3.8) is 0 Å². The minimum Gasteiger partial charge on any atom is -0.464 e. The minimum absolute atomic E-state index is 0.0293. The molecule has 3 unspecified atom stereocenters. The molecule has 2 saturated heterocycles. The summed E-state index contributed by atoms with van der Waals surface area (Å²) in [6.45, 7) is -0.603. The van der Waals surface area contributed by atoms with Crippen LogP contribution in [0.25, 0.3) is 0 Å². The maximum atomic E-state index is 14.8. The number of ether oxygens (including phenoxy) is 2. The first kappa shape index (κ1) is 27.3. The van der Waals surface area contributed by atoms with E-state index in [-0.39, 0.29) is 49.8 Å². The molecule has 4 rings (SSSR count). The van der Waals surface area contributed by atoms with Gasteiger partial charge in [0, 0.05) is 12.8 Å². The summed E-state index contributed by atoms with van der Waals surface area (Å²) in [7, 11) is -4.28. The number of allylic oxidation sites excluding steroid dienone is 1. The Bertz CT molecular complexity index is 1090. The highest BCUT2D eigenvalue weighted by Gasteiger charge is 2.58. The van der Waals surface area contributed by atoms with Gasteiger partial charge in [0.15, 0.2) is 0 Å². The Hall–Kier alpha value is -2.70. The lowest BCUT2D eigenvalue weighted by Crippen LogP contribution is -2.41. The number of hydrogen-bond acceptors (Lipinski definition) is 9. The van der Waals surface area contributed by atoms with E-state index < -0.39 is 56.5 Å². The standard InChI is InChI=1S/C23H28F2N3O8P/c24-23(25)18(8-6-14-7-9-19(26)27-20(29)12-14)35-17(21(23)30)13-34-37(32,28-16-10-11-33-22(16)31)36-15-4-2-1-3-5-15/h1-5,7,9,14,16-18,21,30H,6,8,10-13H2,(H,28,32)(H2,26,27,29)/t14?,16-,17?,18-,21+,37?/m0/s1. The molecule has 0 spiro atoms. The summed E-state index contributed by atoms with van der Waals surface area (Å²) < 4.78 is 64.2. The number of benzene rings is 1. The third-order valence-electron chi connectivity index (χ3n) is 6.20. The quantitative estimate of drug-likeness (QED) is 0.257. The number of carbonyl (C=O) groups excluding carboxylic acids is 2. The molecule has 0 aromatic heterocycles. The van der Waals surface area contributed by atoms with Gasteiger partial charge in [-0.3, -0.25) is 19.5 Å². The predicted molar refractivity (Wildman–Crippen MR) is 125 cm³/mol. The Kier molecular flexibility index (Phi) is 8.39. The number of alkyl halides is 2. The van der Waals surface area contributed by atoms with Gasteiger partial charge in [0.05, 0.1) is 13.2 Å². The van der Waals surface area contributed by atoms with Crippen LogP contribution in [0.2, 0.25) is 0 Å². The van der Waals surface area contributed by atoms with Crippen molar-refractivity contribution in [3.8, 4) is 5.75 Å². The number of rotatable bonds is 10. The maximum absolute atomic E-state index is 14.8. The van der Waals surface area contributed by atoms with E-state index >= 15 is 0 Å². The molecule has 6 atom stereocenters. The molecule has 1 aromatic rings. The first-order valence-electron chi connectivity index (χ1n) is 11.8. The van der Waals surface area contributed by atoms with Gasteiger partial charge in [0.2, 0.25) is 5.91 Å². The Morgan fingerprint density at radius 3 is 2.70 bits per heavy atom. The van der Waals surface area contributed by atoms with Crippen molar-refractivity contribution in [1.82, 2.24) is 10.4 Å². The van der Waals surface area contributed by atoms with Crippen LogP contribution in [0.1, 0.15) is 25.7 Å². The average molecular weight is 543 g/mol. The van der Waals surface area contributed by atoms with Gasteiger partial charge in [0.25, 0.3) is 0 Å². The number of esters is 1. The highest BCUT2D eigenvalue weighted by atomic mass is 31.2. The van der Waals surface area contributed by atoms with Crippen LogP contribution < -0.4 is 14.9 Å². The molecule has 0 saturated carbocycles. The van der Waals surface area contributed by atoms with Crippen molar-refractivity contribution in [2.75, 3.05) is 13.2 Å². The molecule has 3 aliphatic heterocycles. The van der Waals surface area contributed by atoms with E-state index in [0.717, 1.165) is 0 Å². The molecule has 0 bridgehead atoms. The summed E-state index contributed by atoms with van der Waals surface area (Å²) >= 11 is 0. The maximum Gasteiger partial charge on any atom is 0.459 e. The fourth-order valence-corrected chi connectivity index (χ4v) is 5.77. The summed E-state index contributed by atoms with van der Waals surface area (Å²) in [6.07, 6.45) is -2.26. The molecule has 3 heterocycles. The number of aliphatic hydroxyl groups is 1. The summed E-state index contributed by atoms with van der Waals surface area (Å²) in [5, 5.41) is 22.7. The number of aliphatic hydroxyl groups excluding tert-OH is 1. The van der Waals surface area contributed by atoms with Gasteiger partial charge in [-0.15, -0.1) is 0 Å². The van der Waals surface area contributed by atoms with E-state index in [0.29, 0.717) is 0 Å². The van der Waals surface area contributed by atoms with Crippen LogP contribution in [-0.4, -0.2) is 66.3 Å². The molecule has 0 radical (unpaired) electrons. The number of carbonyl (C=O) groups is 2. The molecule has 1 amide bonds. The lowest BCUT2D eigenvalue weighted by Gasteiger charge is -2.24. The molecule has 202 valence electrons. The molecule has 2 fully saturated rings. The van der Waals surface area contributed by atoms with Crippen LogP contribution in [0.3, 0.4) is 0 Å². The SMILES string of the molecule is N=C1C=CC(CC[C@@H]2OC(COP(=O)(N[C@H]3CCOC3=O)Oc3ccccc3)[C@@H](O)C2(F)F)CC(=O)N1. The monoisotopic (exact) mass is 543 g/mol. The average Bonchev–Trinajstić information content (AvgIpc) is 3.27. The van der Waals surface area contributed by atoms with Crippen molar-refractivity contribution in [2.24, 2.45) is 5.92 Å². The number of hydrogen-bond donors (Lipinski definition) is 4.